The number of benzene rings is 1. The van der Waals surface area contributed by atoms with E-state index in [0.29, 0.717) is 38.5 Å². The molecule has 0 saturated carbocycles. The Balaban J connectivity index is 1.45. The van der Waals surface area contributed by atoms with Crippen molar-refractivity contribution in [2.75, 3.05) is 32.8 Å². The topological polar surface area (TPSA) is 67.6 Å². The van der Waals surface area contributed by atoms with Crippen LogP contribution in [0.2, 0.25) is 0 Å². The summed E-state index contributed by atoms with van der Waals surface area (Å²) in [7, 11) is 0. The molecule has 24 heavy (non-hydrogen) atoms. The van der Waals surface area contributed by atoms with Crippen LogP contribution in [0.1, 0.15) is 21.8 Å². The highest BCUT2D eigenvalue weighted by Gasteiger charge is 2.16. The van der Waals surface area contributed by atoms with Crippen molar-refractivity contribution in [3.63, 3.8) is 0 Å². The summed E-state index contributed by atoms with van der Waals surface area (Å²) in [5, 5.41) is 6.61. The van der Waals surface area contributed by atoms with E-state index in [2.05, 4.69) is 15.4 Å². The smallest absolute Gasteiger partial charge is 0.273 e. The molecule has 0 aliphatic carbocycles. The van der Waals surface area contributed by atoms with Gasteiger partial charge in [-0.15, -0.1) is 0 Å². The third kappa shape index (κ3) is 4.62. The van der Waals surface area contributed by atoms with Crippen molar-refractivity contribution >= 4 is 5.91 Å². The van der Waals surface area contributed by atoms with Gasteiger partial charge in [-0.25, -0.2) is 4.39 Å². The quantitative estimate of drug-likeness (QED) is 0.870. The number of hydrogen-bond acceptors (Lipinski definition) is 5. The average Bonchev–Trinajstić information content (AvgIpc) is 3.06. The summed E-state index contributed by atoms with van der Waals surface area (Å²) in [5.41, 5.74) is 1.24. The molecule has 0 spiro atoms. The standard InChI is InChI=1S/C17H20FN3O3/c18-14-3-1-13(2-4-14)5-6-19-17(22)16-11-15(24-20-16)12-21-7-9-23-10-8-21/h1-4,11H,5-10,12H2,(H,19,22). The maximum Gasteiger partial charge on any atom is 0.273 e. The van der Waals surface area contributed by atoms with Crippen molar-refractivity contribution in [2.24, 2.45) is 0 Å². The molecule has 0 atom stereocenters. The van der Waals surface area contributed by atoms with Crippen molar-refractivity contribution < 1.29 is 18.4 Å². The lowest BCUT2D eigenvalue weighted by Gasteiger charge is -2.25. The molecule has 1 aromatic heterocycles. The summed E-state index contributed by atoms with van der Waals surface area (Å²) < 4.78 is 23.4. The zero-order chi connectivity index (χ0) is 16.8. The molecule has 1 aliphatic rings. The van der Waals surface area contributed by atoms with E-state index in [0.717, 1.165) is 18.7 Å². The van der Waals surface area contributed by atoms with Crippen LogP contribution in [-0.2, 0) is 17.7 Å². The maximum absolute atomic E-state index is 12.8. The second kappa shape index (κ2) is 8.03. The van der Waals surface area contributed by atoms with Crippen molar-refractivity contribution in [3.05, 3.63) is 53.2 Å². The number of carbonyl (C=O) groups excluding carboxylic acids is 1. The average molecular weight is 333 g/mol. The molecule has 0 bridgehead atoms. The second-order valence-electron chi connectivity index (χ2n) is 5.70. The number of halogens is 1. The van der Waals surface area contributed by atoms with Crippen molar-refractivity contribution in [2.45, 2.75) is 13.0 Å². The van der Waals surface area contributed by atoms with E-state index in [-0.39, 0.29) is 17.4 Å². The normalized spacial score (nSPS) is 15.4. The number of morpholine rings is 1. The Morgan fingerprint density at radius 1 is 1.25 bits per heavy atom. The van der Waals surface area contributed by atoms with Crippen LogP contribution in [0, 0.1) is 5.82 Å². The van der Waals surface area contributed by atoms with Gasteiger partial charge in [0.05, 0.1) is 19.8 Å². The Bertz CT molecular complexity index is 666. The van der Waals surface area contributed by atoms with Crippen LogP contribution in [0.3, 0.4) is 0 Å². The predicted molar refractivity (Wildman–Crippen MR) is 85.0 cm³/mol. The number of nitrogens with one attached hydrogen (secondary N) is 1. The van der Waals surface area contributed by atoms with Gasteiger partial charge in [0.15, 0.2) is 11.5 Å². The van der Waals surface area contributed by atoms with Gasteiger partial charge >= 0.3 is 0 Å². The molecule has 3 rings (SSSR count). The van der Waals surface area contributed by atoms with Gasteiger partial charge in [0, 0.05) is 25.7 Å². The van der Waals surface area contributed by atoms with Crippen molar-refractivity contribution in [1.29, 1.82) is 0 Å². The van der Waals surface area contributed by atoms with E-state index >= 15 is 0 Å². The van der Waals surface area contributed by atoms with Crippen LogP contribution < -0.4 is 5.32 Å². The van der Waals surface area contributed by atoms with E-state index in [4.69, 9.17) is 9.26 Å². The fourth-order valence-electron chi connectivity index (χ4n) is 2.54. The number of amides is 1. The number of aromatic nitrogens is 1. The van der Waals surface area contributed by atoms with Crippen molar-refractivity contribution in [1.82, 2.24) is 15.4 Å². The Kier molecular flexibility index (Phi) is 5.55. The first-order chi connectivity index (χ1) is 11.7. The van der Waals surface area contributed by atoms with Crippen LogP contribution in [0.5, 0.6) is 0 Å². The molecule has 1 aromatic carbocycles. The molecule has 1 amide bonds. The van der Waals surface area contributed by atoms with Gasteiger partial charge in [0.2, 0.25) is 0 Å². The number of nitrogens with zero attached hydrogens (tertiary/aromatic N) is 2. The highest BCUT2D eigenvalue weighted by molar-refractivity contribution is 5.92. The lowest BCUT2D eigenvalue weighted by atomic mass is 10.1. The Morgan fingerprint density at radius 3 is 2.75 bits per heavy atom. The number of carbonyl (C=O) groups is 1. The van der Waals surface area contributed by atoms with Gasteiger partial charge in [-0.05, 0) is 24.1 Å². The third-order valence-corrected chi connectivity index (χ3v) is 3.89. The maximum atomic E-state index is 12.8. The summed E-state index contributed by atoms with van der Waals surface area (Å²) in [6, 6.07) is 7.90. The molecular formula is C17H20FN3O3. The number of ether oxygens (including phenoxy) is 1. The van der Waals surface area contributed by atoms with E-state index < -0.39 is 0 Å². The second-order valence-corrected chi connectivity index (χ2v) is 5.70. The van der Waals surface area contributed by atoms with Gasteiger partial charge in [0.1, 0.15) is 5.82 Å². The lowest BCUT2D eigenvalue weighted by molar-refractivity contribution is 0.0305. The van der Waals surface area contributed by atoms with Crippen LogP contribution in [0.15, 0.2) is 34.9 Å². The molecule has 0 unspecified atom stereocenters. The SMILES string of the molecule is O=C(NCCc1ccc(F)cc1)c1cc(CN2CCOCC2)on1. The minimum atomic E-state index is -0.269. The Hall–Kier alpha value is -2.25. The Morgan fingerprint density at radius 2 is 2.00 bits per heavy atom. The zero-order valence-corrected chi connectivity index (χ0v) is 13.3. The molecule has 0 radical (unpaired) electrons. The van der Waals surface area contributed by atoms with Gasteiger partial charge in [-0.2, -0.15) is 0 Å². The van der Waals surface area contributed by atoms with E-state index in [1.807, 2.05) is 0 Å². The van der Waals surface area contributed by atoms with E-state index in [9.17, 15) is 9.18 Å². The van der Waals surface area contributed by atoms with Crippen LogP contribution >= 0.6 is 0 Å². The highest BCUT2D eigenvalue weighted by Crippen LogP contribution is 2.09. The van der Waals surface area contributed by atoms with Crippen molar-refractivity contribution in [3.8, 4) is 0 Å². The predicted octanol–water partition coefficient (Wildman–Crippen LogP) is 1.62. The largest absolute Gasteiger partial charge is 0.379 e. The Labute approximate surface area is 139 Å². The minimum absolute atomic E-state index is 0.266. The van der Waals surface area contributed by atoms with Crippen LogP contribution in [0.25, 0.3) is 0 Å². The monoisotopic (exact) mass is 333 g/mol. The summed E-state index contributed by atoms with van der Waals surface area (Å²) in [5.74, 6) is 0.132. The molecule has 128 valence electrons. The molecule has 1 N–H and O–H groups in total. The molecule has 1 fully saturated rings. The fourth-order valence-corrected chi connectivity index (χ4v) is 2.54. The van der Waals surface area contributed by atoms with E-state index in [1.54, 1.807) is 18.2 Å². The molecule has 2 aromatic rings. The summed E-state index contributed by atoms with van der Waals surface area (Å²) in [6.07, 6.45) is 0.629. The summed E-state index contributed by atoms with van der Waals surface area (Å²) >= 11 is 0. The fraction of sp³-hybridized carbons (Fsp3) is 0.412. The zero-order valence-electron chi connectivity index (χ0n) is 13.3. The van der Waals surface area contributed by atoms with Gasteiger partial charge in [0.25, 0.3) is 5.91 Å². The lowest BCUT2D eigenvalue weighted by Crippen LogP contribution is -2.35. The molecule has 1 aliphatic heterocycles. The van der Waals surface area contributed by atoms with E-state index in [1.165, 1.54) is 12.1 Å². The molecular weight excluding hydrogens is 313 g/mol. The first-order valence-corrected chi connectivity index (χ1v) is 7.99. The van der Waals surface area contributed by atoms with Gasteiger partial charge < -0.3 is 14.6 Å². The number of hydrogen-bond donors (Lipinski definition) is 1. The molecule has 1 saturated heterocycles. The first-order valence-electron chi connectivity index (χ1n) is 7.99. The summed E-state index contributed by atoms with van der Waals surface area (Å²) in [6.45, 7) is 4.20. The van der Waals surface area contributed by atoms with Gasteiger partial charge in [-0.3, -0.25) is 9.69 Å². The highest BCUT2D eigenvalue weighted by atomic mass is 19.1. The van der Waals surface area contributed by atoms with Gasteiger partial charge in [-0.1, -0.05) is 17.3 Å². The molecule has 6 nitrogen and oxygen atoms in total. The third-order valence-electron chi connectivity index (χ3n) is 3.89. The number of rotatable bonds is 6. The molecule has 2 heterocycles. The van der Waals surface area contributed by atoms with Crippen LogP contribution in [-0.4, -0.2) is 48.8 Å². The minimum Gasteiger partial charge on any atom is -0.379 e. The molecule has 7 heteroatoms. The van der Waals surface area contributed by atoms with Crippen LogP contribution in [0.4, 0.5) is 4.39 Å². The summed E-state index contributed by atoms with van der Waals surface area (Å²) in [4.78, 5) is 14.3. The first kappa shape index (κ1) is 16.6.